The number of anilines is 5. The molecule has 0 unspecified atom stereocenters. The molecule has 388 valence electrons. The van der Waals surface area contributed by atoms with E-state index in [0.717, 1.165) is 6.54 Å². The van der Waals surface area contributed by atoms with Crippen LogP contribution in [0.4, 0.5) is 28.4 Å². The van der Waals surface area contributed by atoms with Crippen LogP contribution in [0.5, 0.6) is 0 Å². The van der Waals surface area contributed by atoms with Gasteiger partial charge in [-0.1, -0.05) is 177 Å². The van der Waals surface area contributed by atoms with Crippen molar-refractivity contribution < 1.29 is 0 Å². The zero-order chi connectivity index (χ0) is 53.6. The van der Waals surface area contributed by atoms with E-state index in [4.69, 9.17) is 0 Å². The zero-order valence-corrected chi connectivity index (χ0v) is 49.6. The predicted molar refractivity (Wildman–Crippen MR) is 332 cm³/mol. The molecule has 0 amide bonds. The summed E-state index contributed by atoms with van der Waals surface area (Å²) in [6.45, 7) is 40.2. The maximum Gasteiger partial charge on any atom is 0.264 e. The molecule has 4 heteroatoms. The van der Waals surface area contributed by atoms with Gasteiger partial charge in [-0.25, -0.2) is 0 Å². The minimum atomic E-state index is -0.0102. The Bertz CT molecular complexity index is 3770. The highest BCUT2D eigenvalue weighted by molar-refractivity contribution is 7.33. The molecule has 0 spiro atoms. The molecule has 0 saturated carbocycles. The zero-order valence-electron chi connectivity index (χ0n) is 48.8. The first-order valence-electron chi connectivity index (χ1n) is 28.9. The highest BCUT2D eigenvalue weighted by atomic mass is 32.1. The van der Waals surface area contributed by atoms with Gasteiger partial charge in [0.15, 0.2) is 0 Å². The molecule has 8 aromatic rings. The minimum Gasteiger partial charge on any atom is -0.337 e. The van der Waals surface area contributed by atoms with Crippen LogP contribution in [-0.2, 0) is 44.4 Å². The van der Waals surface area contributed by atoms with Crippen molar-refractivity contribution in [2.24, 2.45) is 0 Å². The van der Waals surface area contributed by atoms with Crippen molar-refractivity contribution in [3.8, 4) is 11.1 Å². The molecule has 76 heavy (non-hydrogen) atoms. The Kier molecular flexibility index (Phi) is 10.7. The summed E-state index contributed by atoms with van der Waals surface area (Å²) in [6, 6.07) is 46.9. The molecule has 7 aromatic carbocycles. The molecule has 0 radical (unpaired) electrons. The van der Waals surface area contributed by atoms with Gasteiger partial charge in [-0.15, -0.1) is 11.3 Å². The Balaban J connectivity index is 1.14. The first-order chi connectivity index (χ1) is 35.7. The molecule has 0 fully saturated rings. The van der Waals surface area contributed by atoms with Gasteiger partial charge in [-0.05, 0) is 209 Å². The standard InChI is InChI=1S/C72H81BN2S/c1-43-34-60-63-61(35-43)75(47-26-27-52-53(37-47)68(7,8)29-28-67(52,5)6)59-40-56-55(70(11,12)31-32-71(56,13)14)39-58(59)73(63)65-64(51-38-54-57(41-62(51)76-65)72(15,16)33-30-69(54,9)10)74(60)42-45-24-25-46(66(2,3)4)36-50(45)49-23-19-21-44-20-17-18-22-48(44)49/h17-27,34-41H,28-33,42H2,1-16H3. The van der Waals surface area contributed by atoms with Crippen molar-refractivity contribution in [2.75, 3.05) is 9.80 Å². The number of rotatable bonds is 4. The van der Waals surface area contributed by atoms with Crippen LogP contribution in [0.25, 0.3) is 32.0 Å². The highest BCUT2D eigenvalue weighted by Gasteiger charge is 2.49. The van der Waals surface area contributed by atoms with E-state index in [9.17, 15) is 0 Å². The fourth-order valence-corrected chi connectivity index (χ4v) is 16.4. The van der Waals surface area contributed by atoms with Gasteiger partial charge < -0.3 is 9.80 Å². The van der Waals surface area contributed by atoms with Crippen LogP contribution < -0.4 is 25.5 Å². The Morgan fingerprint density at radius 2 is 1.07 bits per heavy atom. The molecule has 1 aromatic heterocycles. The third kappa shape index (κ3) is 7.44. The molecule has 2 nitrogen and oxygen atoms in total. The van der Waals surface area contributed by atoms with E-state index in [1.54, 1.807) is 5.56 Å². The molecule has 13 rings (SSSR count). The van der Waals surface area contributed by atoms with Crippen molar-refractivity contribution in [2.45, 2.75) is 194 Å². The van der Waals surface area contributed by atoms with Gasteiger partial charge in [-0.3, -0.25) is 0 Å². The third-order valence-electron chi connectivity index (χ3n) is 20.3. The monoisotopic (exact) mass is 1020 g/mol. The SMILES string of the molecule is Cc1cc2c3c(c1)N(c1ccc4c(c1)C(C)(C)CCC4(C)C)c1cc4c(cc1B3c1sc3cc5c(cc3c1N2Cc1ccc(C(C)(C)C)cc1-c1cccc2ccccc12)C(C)(C)CCC5(C)C)C(C)(C)CCC4(C)C. The molecule has 0 atom stereocenters. The lowest BCUT2D eigenvalue weighted by molar-refractivity contribution is 0.332. The second-order valence-electron chi connectivity index (χ2n) is 29.4. The van der Waals surface area contributed by atoms with E-state index in [1.807, 2.05) is 0 Å². The minimum absolute atomic E-state index is 0.0102. The highest BCUT2D eigenvalue weighted by Crippen LogP contribution is 2.55. The normalized spacial score (nSPS) is 19.9. The van der Waals surface area contributed by atoms with Gasteiger partial charge in [0.25, 0.3) is 6.71 Å². The van der Waals surface area contributed by atoms with Gasteiger partial charge in [-0.2, -0.15) is 0 Å². The van der Waals surface area contributed by atoms with E-state index >= 15 is 0 Å². The van der Waals surface area contributed by atoms with Crippen LogP contribution >= 0.6 is 11.3 Å². The molecule has 5 aliphatic rings. The summed E-state index contributed by atoms with van der Waals surface area (Å²) in [5, 5.41) is 4.00. The van der Waals surface area contributed by atoms with E-state index in [-0.39, 0.29) is 44.6 Å². The molecule has 0 N–H and O–H groups in total. The quantitative estimate of drug-likeness (QED) is 0.162. The summed E-state index contributed by atoms with van der Waals surface area (Å²) in [5.41, 5.74) is 25.9. The summed E-state index contributed by atoms with van der Waals surface area (Å²) in [4.78, 5) is 5.56. The molecule has 0 saturated heterocycles. The van der Waals surface area contributed by atoms with E-state index in [1.165, 1.54) is 159 Å². The van der Waals surface area contributed by atoms with Gasteiger partial charge in [0, 0.05) is 44.2 Å². The van der Waals surface area contributed by atoms with Crippen LogP contribution in [0.2, 0.25) is 0 Å². The van der Waals surface area contributed by atoms with Crippen molar-refractivity contribution in [1.82, 2.24) is 0 Å². The van der Waals surface area contributed by atoms with Gasteiger partial charge in [0.05, 0.1) is 5.69 Å². The lowest BCUT2D eigenvalue weighted by Gasteiger charge is -2.47. The fraction of sp³-hybridized carbons (Fsp3) is 0.417. The van der Waals surface area contributed by atoms with Crippen LogP contribution in [0.3, 0.4) is 0 Å². The van der Waals surface area contributed by atoms with Crippen molar-refractivity contribution in [1.29, 1.82) is 0 Å². The summed E-state index contributed by atoms with van der Waals surface area (Å²) >= 11 is 2.09. The second-order valence-corrected chi connectivity index (χ2v) is 30.5. The molecule has 0 bridgehead atoms. The molecular weight excluding hydrogens is 936 g/mol. The fourth-order valence-electron chi connectivity index (χ4n) is 15.0. The van der Waals surface area contributed by atoms with E-state index in [0.29, 0.717) is 0 Å². The van der Waals surface area contributed by atoms with Gasteiger partial charge in [0.2, 0.25) is 0 Å². The lowest BCUT2D eigenvalue weighted by Crippen LogP contribution is -2.61. The Morgan fingerprint density at radius 3 is 1.72 bits per heavy atom. The first-order valence-corrected chi connectivity index (χ1v) is 29.8. The first kappa shape index (κ1) is 50.0. The Morgan fingerprint density at radius 1 is 0.500 bits per heavy atom. The van der Waals surface area contributed by atoms with Gasteiger partial charge >= 0.3 is 0 Å². The van der Waals surface area contributed by atoms with Crippen LogP contribution in [0.1, 0.15) is 192 Å². The summed E-state index contributed by atoms with van der Waals surface area (Å²) in [5.74, 6) is 0. The van der Waals surface area contributed by atoms with Gasteiger partial charge in [0.1, 0.15) is 0 Å². The van der Waals surface area contributed by atoms with E-state index < -0.39 is 0 Å². The second kappa shape index (κ2) is 16.3. The van der Waals surface area contributed by atoms with Crippen molar-refractivity contribution >= 4 is 83.0 Å². The van der Waals surface area contributed by atoms with Crippen LogP contribution in [0.15, 0.2) is 115 Å². The Labute approximate surface area is 460 Å². The lowest BCUT2D eigenvalue weighted by atomic mass is 9.35. The number of hydrogen-bond acceptors (Lipinski definition) is 3. The predicted octanol–water partition coefficient (Wildman–Crippen LogP) is 18.3. The molecule has 3 heterocycles. The maximum absolute atomic E-state index is 2.82. The van der Waals surface area contributed by atoms with Crippen molar-refractivity contribution in [3.05, 3.63) is 165 Å². The maximum atomic E-state index is 2.82. The number of thiophene rings is 1. The summed E-state index contributed by atoms with van der Waals surface area (Å²) < 4.78 is 2.91. The number of benzene rings is 7. The number of fused-ring (bicyclic) bond motifs is 10. The molecule has 2 aliphatic heterocycles. The van der Waals surface area contributed by atoms with Crippen molar-refractivity contribution in [3.63, 3.8) is 0 Å². The average molecular weight is 1020 g/mol. The number of nitrogens with zero attached hydrogens (tertiary/aromatic N) is 2. The Hall–Kier alpha value is -5.58. The number of aryl methyl sites for hydroxylation is 1. The number of hydrogen-bond donors (Lipinski definition) is 0. The third-order valence-corrected chi connectivity index (χ3v) is 21.5. The summed E-state index contributed by atoms with van der Waals surface area (Å²) in [6.07, 6.45) is 7.14. The molecular formula is C72H81BN2S. The molecule has 3 aliphatic carbocycles. The smallest absolute Gasteiger partial charge is 0.264 e. The van der Waals surface area contributed by atoms with Crippen LogP contribution in [0, 0.1) is 6.92 Å². The largest absolute Gasteiger partial charge is 0.337 e. The topological polar surface area (TPSA) is 6.48 Å². The average Bonchev–Trinajstić information content (AvgIpc) is 3.79. The van der Waals surface area contributed by atoms with E-state index in [2.05, 4.69) is 247 Å². The summed E-state index contributed by atoms with van der Waals surface area (Å²) in [7, 11) is 0. The van der Waals surface area contributed by atoms with Crippen LogP contribution in [-0.4, -0.2) is 6.71 Å².